The third kappa shape index (κ3) is 2.40. The molecule has 2 heterocycles. The molecular weight excluding hydrogens is 241 g/mol. The SMILES string of the molecule is FC(F)(F)c1ccnc(N2CCC(Cl)C2)c1. The molecule has 0 saturated carbocycles. The van der Waals surface area contributed by atoms with Crippen LogP contribution in [0.3, 0.4) is 0 Å². The molecule has 1 fully saturated rings. The van der Waals surface area contributed by atoms with Gasteiger partial charge in [-0.25, -0.2) is 4.98 Å². The molecule has 16 heavy (non-hydrogen) atoms. The Morgan fingerprint density at radius 1 is 1.44 bits per heavy atom. The number of hydrogen-bond donors (Lipinski definition) is 0. The van der Waals surface area contributed by atoms with Crippen molar-refractivity contribution in [3.63, 3.8) is 0 Å². The lowest BCUT2D eigenvalue weighted by atomic mass is 10.2. The topological polar surface area (TPSA) is 16.1 Å². The second-order valence-electron chi connectivity index (χ2n) is 3.73. The highest BCUT2D eigenvalue weighted by Gasteiger charge is 2.31. The predicted molar refractivity (Wildman–Crippen MR) is 55.7 cm³/mol. The van der Waals surface area contributed by atoms with Crippen LogP contribution in [0.15, 0.2) is 18.3 Å². The molecule has 0 aromatic carbocycles. The summed E-state index contributed by atoms with van der Waals surface area (Å²) in [6.07, 6.45) is -2.36. The van der Waals surface area contributed by atoms with Crippen LogP contribution in [0, 0.1) is 0 Å². The van der Waals surface area contributed by atoms with Crippen LogP contribution in [0.4, 0.5) is 19.0 Å². The Balaban J connectivity index is 2.23. The van der Waals surface area contributed by atoms with Crippen molar-refractivity contribution in [2.45, 2.75) is 18.0 Å². The van der Waals surface area contributed by atoms with Gasteiger partial charge in [0.2, 0.25) is 0 Å². The molecule has 6 heteroatoms. The lowest BCUT2D eigenvalue weighted by Gasteiger charge is -2.17. The number of halogens is 4. The smallest absolute Gasteiger partial charge is 0.355 e. The van der Waals surface area contributed by atoms with E-state index in [1.165, 1.54) is 6.20 Å². The van der Waals surface area contributed by atoms with E-state index >= 15 is 0 Å². The van der Waals surface area contributed by atoms with Gasteiger partial charge in [-0.15, -0.1) is 11.6 Å². The minimum Gasteiger partial charge on any atom is -0.355 e. The Morgan fingerprint density at radius 3 is 2.75 bits per heavy atom. The number of pyridine rings is 1. The molecule has 0 radical (unpaired) electrons. The first-order chi connectivity index (χ1) is 7.47. The van der Waals surface area contributed by atoms with Gasteiger partial charge in [0.1, 0.15) is 5.82 Å². The average Bonchev–Trinajstić information content (AvgIpc) is 2.64. The summed E-state index contributed by atoms with van der Waals surface area (Å²) < 4.78 is 37.4. The van der Waals surface area contributed by atoms with Gasteiger partial charge in [0.25, 0.3) is 0 Å². The molecule has 0 aliphatic carbocycles. The largest absolute Gasteiger partial charge is 0.416 e. The lowest BCUT2D eigenvalue weighted by Crippen LogP contribution is -2.21. The molecule has 2 rings (SSSR count). The summed E-state index contributed by atoms with van der Waals surface area (Å²) in [5, 5.41) is -0.00339. The molecule has 1 aromatic rings. The first-order valence-electron chi connectivity index (χ1n) is 4.89. The molecular formula is C10H10ClF3N2. The van der Waals surface area contributed by atoms with Crippen LogP contribution in [-0.2, 0) is 6.18 Å². The third-order valence-corrected chi connectivity index (χ3v) is 2.88. The third-order valence-electron chi connectivity index (χ3n) is 2.53. The second kappa shape index (κ2) is 4.13. The van der Waals surface area contributed by atoms with Crippen molar-refractivity contribution in [1.29, 1.82) is 0 Å². The van der Waals surface area contributed by atoms with Crippen molar-refractivity contribution in [2.24, 2.45) is 0 Å². The van der Waals surface area contributed by atoms with Crippen molar-refractivity contribution in [1.82, 2.24) is 4.98 Å². The molecule has 1 aliphatic rings. The van der Waals surface area contributed by atoms with Crippen molar-refractivity contribution in [3.05, 3.63) is 23.9 Å². The van der Waals surface area contributed by atoms with E-state index in [9.17, 15) is 13.2 Å². The van der Waals surface area contributed by atoms with Gasteiger partial charge in [0.15, 0.2) is 0 Å². The van der Waals surface area contributed by atoms with E-state index in [2.05, 4.69) is 4.98 Å². The molecule has 1 atom stereocenters. The van der Waals surface area contributed by atoms with Gasteiger partial charge in [-0.3, -0.25) is 0 Å². The van der Waals surface area contributed by atoms with Gasteiger partial charge in [0, 0.05) is 19.3 Å². The maximum absolute atomic E-state index is 12.5. The highest BCUT2D eigenvalue weighted by molar-refractivity contribution is 6.21. The van der Waals surface area contributed by atoms with E-state index < -0.39 is 11.7 Å². The van der Waals surface area contributed by atoms with Crippen LogP contribution < -0.4 is 4.90 Å². The molecule has 0 N–H and O–H groups in total. The summed E-state index contributed by atoms with van der Waals surface area (Å²) in [4.78, 5) is 5.71. The zero-order chi connectivity index (χ0) is 11.8. The van der Waals surface area contributed by atoms with Crippen LogP contribution in [-0.4, -0.2) is 23.5 Å². The van der Waals surface area contributed by atoms with Gasteiger partial charge in [-0.05, 0) is 18.6 Å². The van der Waals surface area contributed by atoms with Crippen molar-refractivity contribution in [3.8, 4) is 0 Å². The van der Waals surface area contributed by atoms with E-state index in [1.807, 2.05) is 0 Å². The zero-order valence-corrected chi connectivity index (χ0v) is 9.09. The number of nitrogens with zero attached hydrogens (tertiary/aromatic N) is 2. The fourth-order valence-corrected chi connectivity index (χ4v) is 1.96. The molecule has 0 bridgehead atoms. The Bertz CT molecular complexity index is 381. The van der Waals surface area contributed by atoms with Gasteiger partial charge in [-0.2, -0.15) is 13.2 Å². The van der Waals surface area contributed by atoms with Gasteiger partial charge >= 0.3 is 6.18 Å². The number of hydrogen-bond acceptors (Lipinski definition) is 2. The second-order valence-corrected chi connectivity index (χ2v) is 4.35. The summed E-state index contributed by atoms with van der Waals surface area (Å²) in [6.45, 7) is 1.21. The van der Waals surface area contributed by atoms with Crippen LogP contribution in [0.2, 0.25) is 0 Å². The Hall–Kier alpha value is -0.970. The normalized spacial score (nSPS) is 21.5. The highest BCUT2D eigenvalue weighted by atomic mass is 35.5. The predicted octanol–water partition coefficient (Wildman–Crippen LogP) is 2.92. The Morgan fingerprint density at radius 2 is 2.19 bits per heavy atom. The fourth-order valence-electron chi connectivity index (χ4n) is 1.69. The van der Waals surface area contributed by atoms with E-state index in [0.29, 0.717) is 18.9 Å². The van der Waals surface area contributed by atoms with Gasteiger partial charge < -0.3 is 4.90 Å². The average molecular weight is 251 g/mol. The minimum absolute atomic E-state index is 0.00339. The summed E-state index contributed by atoms with van der Waals surface area (Å²) in [5.74, 6) is 0.345. The van der Waals surface area contributed by atoms with Crippen LogP contribution >= 0.6 is 11.6 Å². The summed E-state index contributed by atoms with van der Waals surface area (Å²) in [6, 6.07) is 2.03. The summed E-state index contributed by atoms with van der Waals surface area (Å²) in [7, 11) is 0. The van der Waals surface area contributed by atoms with Crippen molar-refractivity contribution in [2.75, 3.05) is 18.0 Å². The molecule has 0 amide bonds. The molecule has 1 unspecified atom stereocenters. The van der Waals surface area contributed by atoms with Crippen LogP contribution in [0.5, 0.6) is 0 Å². The molecule has 88 valence electrons. The first kappa shape index (κ1) is 11.5. The Labute approximate surface area is 96.0 Å². The standard InChI is InChI=1S/C10H10ClF3N2/c11-8-2-4-16(6-8)9-5-7(1-3-15-9)10(12,13)14/h1,3,5,8H,2,4,6H2. The number of rotatable bonds is 1. The number of alkyl halides is 4. The monoisotopic (exact) mass is 250 g/mol. The first-order valence-corrected chi connectivity index (χ1v) is 5.33. The Kier molecular flexibility index (Phi) is 2.97. The number of anilines is 1. The fraction of sp³-hybridized carbons (Fsp3) is 0.500. The molecule has 0 spiro atoms. The van der Waals surface area contributed by atoms with E-state index in [1.54, 1.807) is 4.90 Å². The van der Waals surface area contributed by atoms with E-state index in [0.717, 1.165) is 18.6 Å². The molecule has 1 saturated heterocycles. The molecule has 1 aliphatic heterocycles. The lowest BCUT2D eigenvalue weighted by molar-refractivity contribution is -0.137. The molecule has 1 aromatic heterocycles. The summed E-state index contributed by atoms with van der Waals surface area (Å²) >= 11 is 5.89. The quantitative estimate of drug-likeness (QED) is 0.713. The van der Waals surface area contributed by atoms with Crippen molar-refractivity contribution >= 4 is 17.4 Å². The van der Waals surface area contributed by atoms with Crippen LogP contribution in [0.1, 0.15) is 12.0 Å². The maximum Gasteiger partial charge on any atom is 0.416 e. The highest BCUT2D eigenvalue weighted by Crippen LogP contribution is 2.31. The minimum atomic E-state index is -4.32. The van der Waals surface area contributed by atoms with Gasteiger partial charge in [0.05, 0.1) is 10.9 Å². The van der Waals surface area contributed by atoms with Crippen molar-refractivity contribution < 1.29 is 13.2 Å². The zero-order valence-electron chi connectivity index (χ0n) is 8.34. The maximum atomic E-state index is 12.5. The summed E-state index contributed by atoms with van der Waals surface area (Å²) in [5.41, 5.74) is -0.671. The molecule has 2 nitrogen and oxygen atoms in total. The van der Waals surface area contributed by atoms with E-state index in [-0.39, 0.29) is 5.38 Å². The number of aromatic nitrogens is 1. The van der Waals surface area contributed by atoms with Gasteiger partial charge in [-0.1, -0.05) is 0 Å². The van der Waals surface area contributed by atoms with Crippen LogP contribution in [0.25, 0.3) is 0 Å². The van der Waals surface area contributed by atoms with E-state index in [4.69, 9.17) is 11.6 Å².